The van der Waals surface area contributed by atoms with Crippen molar-refractivity contribution < 1.29 is 4.79 Å². The summed E-state index contributed by atoms with van der Waals surface area (Å²) in [6.45, 7) is 5.34. The molecule has 2 N–H and O–H groups in total. The van der Waals surface area contributed by atoms with E-state index in [9.17, 15) is 4.79 Å². The second-order valence-electron chi connectivity index (χ2n) is 4.83. The van der Waals surface area contributed by atoms with Crippen LogP contribution in [-0.4, -0.2) is 12.3 Å². The highest BCUT2D eigenvalue weighted by molar-refractivity contribution is 6.00. The number of carbonyl (C=O) groups excluding carboxylic acids is 1. The number of anilines is 2. The number of nitrogen functional groups attached to an aromatic ring is 1. The van der Waals surface area contributed by atoms with Crippen LogP contribution >= 0.6 is 0 Å². The lowest BCUT2D eigenvalue weighted by molar-refractivity contribution is 0.101. The van der Waals surface area contributed by atoms with Gasteiger partial charge in [-0.3, -0.25) is 4.79 Å². The molecule has 0 heterocycles. The first kappa shape index (κ1) is 14.1. The van der Waals surface area contributed by atoms with Crippen molar-refractivity contribution >= 4 is 17.2 Å². The second kappa shape index (κ2) is 6.24. The van der Waals surface area contributed by atoms with E-state index in [-0.39, 0.29) is 5.78 Å². The molecule has 2 aromatic carbocycles. The van der Waals surface area contributed by atoms with Gasteiger partial charge < -0.3 is 10.6 Å². The van der Waals surface area contributed by atoms with Gasteiger partial charge in [0, 0.05) is 30.0 Å². The monoisotopic (exact) mass is 268 g/mol. The maximum absolute atomic E-state index is 11.6. The molecule has 0 aromatic heterocycles. The molecular formula is C17H20N2O. The van der Waals surface area contributed by atoms with E-state index >= 15 is 0 Å². The molecule has 104 valence electrons. The molecule has 20 heavy (non-hydrogen) atoms. The Balaban J connectivity index is 2.28. The molecule has 3 heteroatoms. The molecule has 0 spiro atoms. The minimum absolute atomic E-state index is 0.000106. The third-order valence-corrected chi connectivity index (χ3v) is 3.38. The lowest BCUT2D eigenvalue weighted by Gasteiger charge is -2.24. The average molecular weight is 268 g/mol. The van der Waals surface area contributed by atoms with Crippen LogP contribution in [0.25, 0.3) is 0 Å². The van der Waals surface area contributed by atoms with Crippen LogP contribution in [0.1, 0.15) is 29.8 Å². The van der Waals surface area contributed by atoms with Gasteiger partial charge in [-0.25, -0.2) is 0 Å². The summed E-state index contributed by atoms with van der Waals surface area (Å²) >= 11 is 0. The summed E-state index contributed by atoms with van der Waals surface area (Å²) < 4.78 is 0. The number of hydrogen-bond acceptors (Lipinski definition) is 3. The summed E-state index contributed by atoms with van der Waals surface area (Å²) in [5.41, 5.74) is 9.25. The van der Waals surface area contributed by atoms with Crippen molar-refractivity contribution in [2.45, 2.75) is 20.4 Å². The number of benzene rings is 2. The topological polar surface area (TPSA) is 46.3 Å². The number of rotatable bonds is 5. The van der Waals surface area contributed by atoms with E-state index < -0.39 is 0 Å². The molecule has 0 fully saturated rings. The Labute approximate surface area is 120 Å². The lowest BCUT2D eigenvalue weighted by Crippen LogP contribution is -2.22. The SMILES string of the molecule is CCN(Cc1ccccc1)c1ccc(N)c(C(C)=O)c1. The third-order valence-electron chi connectivity index (χ3n) is 3.38. The molecule has 0 aliphatic heterocycles. The van der Waals surface area contributed by atoms with E-state index in [1.165, 1.54) is 5.56 Å². The Kier molecular flexibility index (Phi) is 4.41. The first-order valence-corrected chi connectivity index (χ1v) is 6.81. The van der Waals surface area contributed by atoms with Gasteiger partial charge >= 0.3 is 0 Å². The molecule has 0 unspecified atom stereocenters. The zero-order chi connectivity index (χ0) is 14.5. The largest absolute Gasteiger partial charge is 0.398 e. The standard InChI is InChI=1S/C17H20N2O/c1-3-19(12-14-7-5-4-6-8-14)15-9-10-17(18)16(11-15)13(2)20/h4-11H,3,12,18H2,1-2H3. The highest BCUT2D eigenvalue weighted by Crippen LogP contribution is 2.23. The molecule has 0 bridgehead atoms. The number of ketones is 1. The minimum Gasteiger partial charge on any atom is -0.398 e. The van der Waals surface area contributed by atoms with Crippen molar-refractivity contribution in [2.24, 2.45) is 0 Å². The Hall–Kier alpha value is -2.29. The first-order valence-electron chi connectivity index (χ1n) is 6.81. The van der Waals surface area contributed by atoms with Crippen molar-refractivity contribution in [2.75, 3.05) is 17.2 Å². The van der Waals surface area contributed by atoms with Crippen LogP contribution in [0, 0.1) is 0 Å². The highest BCUT2D eigenvalue weighted by atomic mass is 16.1. The van der Waals surface area contributed by atoms with Gasteiger partial charge in [-0.2, -0.15) is 0 Å². The summed E-state index contributed by atoms with van der Waals surface area (Å²) in [6.07, 6.45) is 0. The Bertz CT molecular complexity index is 593. The molecule has 0 atom stereocenters. The first-order chi connectivity index (χ1) is 9.61. The third kappa shape index (κ3) is 3.18. The van der Waals surface area contributed by atoms with Gasteiger partial charge in [0.05, 0.1) is 0 Å². The summed E-state index contributed by atoms with van der Waals surface area (Å²) in [5.74, 6) is 0.000106. The van der Waals surface area contributed by atoms with Crippen LogP contribution in [0.5, 0.6) is 0 Å². The van der Waals surface area contributed by atoms with Gasteiger partial charge in [-0.15, -0.1) is 0 Å². The Morgan fingerprint density at radius 3 is 2.45 bits per heavy atom. The summed E-state index contributed by atoms with van der Waals surface area (Å²) in [4.78, 5) is 13.8. The summed E-state index contributed by atoms with van der Waals surface area (Å²) in [6, 6.07) is 15.9. The van der Waals surface area contributed by atoms with Gasteiger partial charge in [0.2, 0.25) is 0 Å². The molecule has 3 nitrogen and oxygen atoms in total. The molecule has 0 aliphatic rings. The van der Waals surface area contributed by atoms with E-state index in [1.807, 2.05) is 30.3 Å². The van der Waals surface area contributed by atoms with Gasteiger partial charge in [0.1, 0.15) is 0 Å². The van der Waals surface area contributed by atoms with E-state index in [0.717, 1.165) is 18.8 Å². The molecule has 0 saturated carbocycles. The van der Waals surface area contributed by atoms with Crippen LogP contribution in [0.4, 0.5) is 11.4 Å². The number of carbonyl (C=O) groups is 1. The molecule has 2 aromatic rings. The summed E-state index contributed by atoms with van der Waals surface area (Å²) in [5, 5.41) is 0. The van der Waals surface area contributed by atoms with Crippen molar-refractivity contribution in [3.05, 3.63) is 59.7 Å². The average Bonchev–Trinajstić information content (AvgIpc) is 2.46. The molecule has 0 saturated heterocycles. The Morgan fingerprint density at radius 1 is 1.15 bits per heavy atom. The lowest BCUT2D eigenvalue weighted by atomic mass is 10.1. The van der Waals surface area contributed by atoms with Crippen molar-refractivity contribution in [3.63, 3.8) is 0 Å². The van der Waals surface area contributed by atoms with Crippen molar-refractivity contribution in [1.82, 2.24) is 0 Å². The van der Waals surface area contributed by atoms with Crippen LogP contribution in [0.3, 0.4) is 0 Å². The molecular weight excluding hydrogens is 248 g/mol. The van der Waals surface area contributed by atoms with Crippen molar-refractivity contribution in [1.29, 1.82) is 0 Å². The number of nitrogens with zero attached hydrogens (tertiary/aromatic N) is 1. The van der Waals surface area contributed by atoms with E-state index in [1.54, 1.807) is 13.0 Å². The minimum atomic E-state index is 0.000106. The zero-order valence-electron chi connectivity index (χ0n) is 12.0. The van der Waals surface area contributed by atoms with Gasteiger partial charge in [0.25, 0.3) is 0 Å². The van der Waals surface area contributed by atoms with Gasteiger partial charge in [-0.1, -0.05) is 30.3 Å². The molecule has 0 aliphatic carbocycles. The predicted molar refractivity (Wildman–Crippen MR) is 84.0 cm³/mol. The number of hydrogen-bond donors (Lipinski definition) is 1. The maximum atomic E-state index is 11.6. The quantitative estimate of drug-likeness (QED) is 0.667. The van der Waals surface area contributed by atoms with E-state index in [0.29, 0.717) is 11.3 Å². The maximum Gasteiger partial charge on any atom is 0.161 e. The smallest absolute Gasteiger partial charge is 0.161 e. The second-order valence-corrected chi connectivity index (χ2v) is 4.83. The fourth-order valence-electron chi connectivity index (χ4n) is 2.24. The molecule has 0 radical (unpaired) electrons. The van der Waals surface area contributed by atoms with Crippen LogP contribution in [0.2, 0.25) is 0 Å². The van der Waals surface area contributed by atoms with Crippen LogP contribution in [0.15, 0.2) is 48.5 Å². The molecule has 0 amide bonds. The zero-order valence-corrected chi connectivity index (χ0v) is 12.0. The fraction of sp³-hybridized carbons (Fsp3) is 0.235. The van der Waals surface area contributed by atoms with Gasteiger partial charge in [0.15, 0.2) is 5.78 Å². The predicted octanol–water partition coefficient (Wildman–Crippen LogP) is 3.50. The fourth-order valence-corrected chi connectivity index (χ4v) is 2.24. The number of nitrogens with two attached hydrogens (primary N) is 1. The Morgan fingerprint density at radius 2 is 1.85 bits per heavy atom. The number of Topliss-reactive ketones (excluding diaryl/α,β-unsaturated/α-hetero) is 1. The summed E-state index contributed by atoms with van der Waals surface area (Å²) in [7, 11) is 0. The van der Waals surface area contributed by atoms with E-state index in [4.69, 9.17) is 5.73 Å². The van der Waals surface area contributed by atoms with Crippen LogP contribution in [-0.2, 0) is 6.54 Å². The molecule has 2 rings (SSSR count). The highest BCUT2D eigenvalue weighted by Gasteiger charge is 2.10. The van der Waals surface area contributed by atoms with E-state index in [2.05, 4.69) is 24.0 Å². The van der Waals surface area contributed by atoms with Crippen LogP contribution < -0.4 is 10.6 Å². The normalized spacial score (nSPS) is 10.3. The van der Waals surface area contributed by atoms with Gasteiger partial charge in [-0.05, 0) is 37.6 Å². The van der Waals surface area contributed by atoms with Crippen molar-refractivity contribution in [3.8, 4) is 0 Å².